The number of rotatable bonds is 6. The zero-order valence-electron chi connectivity index (χ0n) is 17.0. The van der Waals surface area contributed by atoms with Gasteiger partial charge in [0.05, 0.1) is 0 Å². The molecule has 31 heavy (non-hydrogen) atoms. The van der Waals surface area contributed by atoms with Gasteiger partial charge in [0.2, 0.25) is 0 Å². The van der Waals surface area contributed by atoms with E-state index in [4.69, 9.17) is 15.2 Å². The van der Waals surface area contributed by atoms with E-state index in [0.29, 0.717) is 11.6 Å². The summed E-state index contributed by atoms with van der Waals surface area (Å²) in [4.78, 5) is 9.55. The van der Waals surface area contributed by atoms with Crippen LogP contribution in [-0.4, -0.2) is 9.97 Å². The van der Waals surface area contributed by atoms with Crippen molar-refractivity contribution in [1.82, 2.24) is 9.97 Å². The van der Waals surface area contributed by atoms with Gasteiger partial charge in [-0.25, -0.2) is 4.98 Å². The number of aryl methyl sites for hydroxylation is 1. The maximum atomic E-state index is 6.31. The van der Waals surface area contributed by atoms with Crippen LogP contribution in [0.1, 0.15) is 40.1 Å². The van der Waals surface area contributed by atoms with Crippen LogP contribution in [0.25, 0.3) is 0 Å². The predicted molar refractivity (Wildman–Crippen MR) is 122 cm³/mol. The molecule has 2 aromatic carbocycles. The van der Waals surface area contributed by atoms with Crippen molar-refractivity contribution in [1.29, 1.82) is 0 Å². The first-order valence-electron chi connectivity index (χ1n) is 10.4. The van der Waals surface area contributed by atoms with Crippen LogP contribution in [0, 0.1) is 0 Å². The molecule has 2 aromatic heterocycles. The van der Waals surface area contributed by atoms with Gasteiger partial charge in [-0.05, 0) is 59.9 Å². The molecule has 0 saturated heterocycles. The molecule has 6 heteroatoms. The summed E-state index contributed by atoms with van der Waals surface area (Å²) in [5.41, 5.74) is 9.76. The Bertz CT molecular complexity index is 1150. The van der Waals surface area contributed by atoms with E-state index in [1.165, 1.54) is 22.5 Å². The van der Waals surface area contributed by atoms with Crippen LogP contribution >= 0.6 is 11.3 Å². The zero-order chi connectivity index (χ0) is 21.0. The number of benzene rings is 2. The lowest BCUT2D eigenvalue weighted by Crippen LogP contribution is -2.15. The van der Waals surface area contributed by atoms with Crippen molar-refractivity contribution in [2.75, 3.05) is 0 Å². The molecule has 2 N–H and O–H groups in total. The second-order valence-corrected chi connectivity index (χ2v) is 8.69. The summed E-state index contributed by atoms with van der Waals surface area (Å²) in [5.74, 6) is 1.70. The number of ether oxygens (including phenoxy) is 2. The van der Waals surface area contributed by atoms with Crippen LogP contribution in [0.15, 0.2) is 79.3 Å². The lowest BCUT2D eigenvalue weighted by molar-refractivity contribution is 0.176. The monoisotopic (exact) mass is 429 g/mol. The lowest BCUT2D eigenvalue weighted by Gasteiger charge is -2.26. The maximum absolute atomic E-state index is 6.31. The van der Waals surface area contributed by atoms with Gasteiger partial charge in [0.15, 0.2) is 0 Å². The minimum absolute atomic E-state index is 0.0882. The molecule has 1 aliphatic rings. The van der Waals surface area contributed by atoms with Gasteiger partial charge in [0, 0.05) is 35.9 Å². The first-order chi connectivity index (χ1) is 15.2. The molecule has 1 aliphatic heterocycles. The smallest absolute Gasteiger partial charge is 0.278 e. The number of hydrogen-bond acceptors (Lipinski definition) is 6. The largest absolute Gasteiger partial charge is 0.485 e. The average molecular weight is 430 g/mol. The molecule has 4 aromatic rings. The Morgan fingerprint density at radius 2 is 1.94 bits per heavy atom. The summed E-state index contributed by atoms with van der Waals surface area (Å²) < 4.78 is 12.3. The third-order valence-electron chi connectivity index (χ3n) is 5.44. The second kappa shape index (κ2) is 8.88. The van der Waals surface area contributed by atoms with E-state index in [0.717, 1.165) is 34.8 Å². The van der Waals surface area contributed by atoms with Crippen molar-refractivity contribution < 1.29 is 9.47 Å². The molecule has 0 saturated carbocycles. The standard InChI is InChI=1S/C25H23N3O2S/c26-22(17-10-12-27-13-11-17)15-21-16-28-25(31-21)29-20-7-9-24-19(14-20)6-8-23(30-24)18-4-2-1-3-5-18/h1-5,7,9-14,16,22-23H,6,8,15,26H2. The highest BCUT2D eigenvalue weighted by Crippen LogP contribution is 2.38. The number of nitrogens with two attached hydrogens (primary N) is 1. The van der Waals surface area contributed by atoms with Crippen molar-refractivity contribution in [3.8, 4) is 16.7 Å². The summed E-state index contributed by atoms with van der Waals surface area (Å²) >= 11 is 1.53. The quantitative estimate of drug-likeness (QED) is 0.429. The normalized spacial score (nSPS) is 16.2. The van der Waals surface area contributed by atoms with Crippen LogP contribution in [0.5, 0.6) is 16.7 Å². The number of hydrogen-bond donors (Lipinski definition) is 1. The number of pyridine rings is 1. The Kier molecular flexibility index (Phi) is 5.65. The summed E-state index contributed by atoms with van der Waals surface area (Å²) in [6, 6.07) is 20.2. The van der Waals surface area contributed by atoms with E-state index in [2.05, 4.69) is 40.3 Å². The fourth-order valence-electron chi connectivity index (χ4n) is 3.81. The molecular formula is C25H23N3O2S. The molecular weight excluding hydrogens is 406 g/mol. The third kappa shape index (κ3) is 4.60. The molecule has 3 heterocycles. The van der Waals surface area contributed by atoms with E-state index in [1.54, 1.807) is 12.4 Å². The summed E-state index contributed by atoms with van der Waals surface area (Å²) in [6.07, 6.45) is 8.09. The molecule has 156 valence electrons. The summed E-state index contributed by atoms with van der Waals surface area (Å²) in [6.45, 7) is 0. The van der Waals surface area contributed by atoms with Crippen molar-refractivity contribution in [3.63, 3.8) is 0 Å². The first-order valence-corrected chi connectivity index (χ1v) is 11.2. The van der Waals surface area contributed by atoms with E-state index in [9.17, 15) is 0 Å². The first kappa shape index (κ1) is 19.7. The van der Waals surface area contributed by atoms with Gasteiger partial charge in [0.1, 0.15) is 17.6 Å². The van der Waals surface area contributed by atoms with E-state index in [1.807, 2.05) is 36.5 Å². The summed E-state index contributed by atoms with van der Waals surface area (Å²) in [5, 5.41) is 0.621. The Labute approximate surface area is 185 Å². The number of nitrogens with zero attached hydrogens (tertiary/aromatic N) is 2. The molecule has 0 spiro atoms. The van der Waals surface area contributed by atoms with E-state index >= 15 is 0 Å². The van der Waals surface area contributed by atoms with Crippen LogP contribution in [0.3, 0.4) is 0 Å². The molecule has 0 radical (unpaired) electrons. The minimum atomic E-state index is -0.0882. The van der Waals surface area contributed by atoms with Crippen molar-refractivity contribution >= 4 is 11.3 Å². The van der Waals surface area contributed by atoms with Gasteiger partial charge in [-0.2, -0.15) is 0 Å². The Hall–Kier alpha value is -3.22. The van der Waals surface area contributed by atoms with Gasteiger partial charge in [-0.1, -0.05) is 41.7 Å². The molecule has 0 fully saturated rings. The van der Waals surface area contributed by atoms with E-state index in [-0.39, 0.29) is 12.1 Å². The molecule has 0 amide bonds. The molecule has 0 bridgehead atoms. The van der Waals surface area contributed by atoms with Gasteiger partial charge in [-0.15, -0.1) is 0 Å². The summed E-state index contributed by atoms with van der Waals surface area (Å²) in [7, 11) is 0. The predicted octanol–water partition coefficient (Wildman–Crippen LogP) is 5.64. The third-order valence-corrected chi connectivity index (χ3v) is 6.34. The fourth-order valence-corrected chi connectivity index (χ4v) is 4.64. The lowest BCUT2D eigenvalue weighted by atomic mass is 9.97. The van der Waals surface area contributed by atoms with Crippen LogP contribution in [0.2, 0.25) is 0 Å². The second-order valence-electron chi connectivity index (χ2n) is 7.61. The van der Waals surface area contributed by atoms with Gasteiger partial charge < -0.3 is 15.2 Å². The van der Waals surface area contributed by atoms with Crippen molar-refractivity contribution in [2.24, 2.45) is 5.73 Å². The van der Waals surface area contributed by atoms with Crippen LogP contribution < -0.4 is 15.2 Å². The highest BCUT2D eigenvalue weighted by Gasteiger charge is 2.22. The average Bonchev–Trinajstić information content (AvgIpc) is 3.26. The Morgan fingerprint density at radius 3 is 2.77 bits per heavy atom. The molecule has 5 rings (SSSR count). The van der Waals surface area contributed by atoms with Gasteiger partial charge in [-0.3, -0.25) is 4.98 Å². The highest BCUT2D eigenvalue weighted by molar-refractivity contribution is 7.13. The number of aromatic nitrogens is 2. The fraction of sp³-hybridized carbons (Fsp3) is 0.200. The van der Waals surface area contributed by atoms with Gasteiger partial charge in [0.25, 0.3) is 5.19 Å². The Morgan fingerprint density at radius 1 is 1.10 bits per heavy atom. The Balaban J connectivity index is 1.24. The van der Waals surface area contributed by atoms with Crippen molar-refractivity contribution in [2.45, 2.75) is 31.4 Å². The zero-order valence-corrected chi connectivity index (χ0v) is 17.8. The number of fused-ring (bicyclic) bond motifs is 1. The van der Waals surface area contributed by atoms with Crippen molar-refractivity contribution in [3.05, 3.63) is 101 Å². The SMILES string of the molecule is NC(Cc1cnc(Oc2ccc3c(c2)CCC(c2ccccc2)O3)s1)c1ccncc1. The van der Waals surface area contributed by atoms with Crippen LogP contribution in [-0.2, 0) is 12.8 Å². The molecule has 2 unspecified atom stereocenters. The highest BCUT2D eigenvalue weighted by atomic mass is 32.1. The molecule has 2 atom stereocenters. The minimum Gasteiger partial charge on any atom is -0.485 e. The van der Waals surface area contributed by atoms with Crippen LogP contribution in [0.4, 0.5) is 0 Å². The number of thiazole rings is 1. The molecule has 5 nitrogen and oxygen atoms in total. The topological polar surface area (TPSA) is 70.3 Å². The van der Waals surface area contributed by atoms with Gasteiger partial charge >= 0.3 is 0 Å². The molecule has 0 aliphatic carbocycles. The van der Waals surface area contributed by atoms with E-state index < -0.39 is 0 Å². The maximum Gasteiger partial charge on any atom is 0.278 e.